The minimum Gasteiger partial charge on any atom is -0.348 e. The second kappa shape index (κ2) is 7.29. The van der Waals surface area contributed by atoms with E-state index in [0.29, 0.717) is 10.6 Å². The predicted molar refractivity (Wildman–Crippen MR) is 79.1 cm³/mol. The van der Waals surface area contributed by atoms with E-state index in [4.69, 9.17) is 11.6 Å². The third kappa shape index (κ3) is 4.53. The van der Waals surface area contributed by atoms with Crippen molar-refractivity contribution < 1.29 is 4.79 Å². The van der Waals surface area contributed by atoms with Crippen LogP contribution in [-0.4, -0.2) is 24.0 Å². The number of hydrogen-bond donors (Lipinski definition) is 1. The summed E-state index contributed by atoms with van der Waals surface area (Å²) in [6.07, 6.45) is 2.95. The highest BCUT2D eigenvalue weighted by molar-refractivity contribution is 9.10. The fourth-order valence-corrected chi connectivity index (χ4v) is 2.72. The number of amides is 1. The molecule has 5 heteroatoms. The Morgan fingerprint density at radius 3 is 2.88 bits per heavy atom. The molecule has 0 fully saturated rings. The molecule has 0 aromatic heterocycles. The summed E-state index contributed by atoms with van der Waals surface area (Å²) in [6, 6.07) is 5.41. The number of nitrogens with one attached hydrogen (secondary N) is 1. The third-order valence-corrected chi connectivity index (χ3v) is 4.03. The largest absolute Gasteiger partial charge is 0.348 e. The van der Waals surface area contributed by atoms with Crippen molar-refractivity contribution in [1.29, 1.82) is 0 Å². The van der Waals surface area contributed by atoms with E-state index in [0.717, 1.165) is 16.6 Å². The summed E-state index contributed by atoms with van der Waals surface area (Å²) in [5.74, 6) is 0.834. The molecule has 0 saturated carbocycles. The molecule has 1 atom stereocenters. The van der Waals surface area contributed by atoms with Crippen molar-refractivity contribution in [2.24, 2.45) is 0 Å². The van der Waals surface area contributed by atoms with Crippen LogP contribution >= 0.6 is 39.3 Å². The quantitative estimate of drug-likeness (QED) is 0.881. The molecule has 1 N–H and O–H groups in total. The number of carbonyl (C=O) groups is 1. The maximum atomic E-state index is 12.1. The molecule has 0 bridgehead atoms. The number of thioether (sulfide) groups is 1. The molecule has 0 aliphatic carbocycles. The van der Waals surface area contributed by atoms with Crippen LogP contribution in [0.1, 0.15) is 23.7 Å². The summed E-state index contributed by atoms with van der Waals surface area (Å²) in [6.45, 7) is 2.06. The number of carbonyl (C=O) groups excluding carboxylic acids is 1. The summed E-state index contributed by atoms with van der Waals surface area (Å²) in [5.41, 5.74) is 0.581. The zero-order chi connectivity index (χ0) is 12.8. The lowest BCUT2D eigenvalue weighted by Crippen LogP contribution is -2.36. The first-order valence-corrected chi connectivity index (χ1v) is 7.89. The van der Waals surface area contributed by atoms with Crippen molar-refractivity contribution in [3.8, 4) is 0 Å². The number of benzene rings is 1. The van der Waals surface area contributed by atoms with Crippen LogP contribution in [0.15, 0.2) is 22.7 Å². The van der Waals surface area contributed by atoms with E-state index >= 15 is 0 Å². The number of rotatable bonds is 5. The van der Waals surface area contributed by atoms with Crippen molar-refractivity contribution in [2.75, 3.05) is 12.0 Å². The molecule has 0 aliphatic rings. The number of hydrogen-bond acceptors (Lipinski definition) is 2. The molecule has 1 amide bonds. The maximum Gasteiger partial charge on any atom is 0.252 e. The van der Waals surface area contributed by atoms with Crippen molar-refractivity contribution in [3.63, 3.8) is 0 Å². The van der Waals surface area contributed by atoms with Gasteiger partial charge in [0.2, 0.25) is 0 Å². The van der Waals surface area contributed by atoms with Crippen molar-refractivity contribution in [1.82, 2.24) is 5.32 Å². The number of halogens is 2. The van der Waals surface area contributed by atoms with Gasteiger partial charge < -0.3 is 5.32 Å². The van der Waals surface area contributed by atoms with E-state index in [1.54, 1.807) is 30.0 Å². The van der Waals surface area contributed by atoms with Crippen molar-refractivity contribution in [2.45, 2.75) is 19.4 Å². The fraction of sp³-hybridized carbons (Fsp3) is 0.417. The molecule has 0 radical (unpaired) electrons. The average Bonchev–Trinajstić information content (AvgIpc) is 2.31. The van der Waals surface area contributed by atoms with Gasteiger partial charge in [0.25, 0.3) is 5.91 Å². The summed E-state index contributed by atoms with van der Waals surface area (Å²) in [7, 11) is 0. The van der Waals surface area contributed by atoms with E-state index in [1.807, 2.05) is 6.26 Å². The molecule has 17 heavy (non-hydrogen) atoms. The molecule has 1 aromatic rings. The van der Waals surface area contributed by atoms with Gasteiger partial charge in [-0.25, -0.2) is 0 Å². The zero-order valence-electron chi connectivity index (χ0n) is 9.80. The van der Waals surface area contributed by atoms with E-state index in [2.05, 4.69) is 28.2 Å². The Morgan fingerprint density at radius 2 is 2.29 bits per heavy atom. The highest BCUT2D eigenvalue weighted by Crippen LogP contribution is 2.21. The average molecular weight is 337 g/mol. The Morgan fingerprint density at radius 1 is 1.59 bits per heavy atom. The van der Waals surface area contributed by atoms with Crippen LogP contribution in [0.25, 0.3) is 0 Å². The van der Waals surface area contributed by atoms with Gasteiger partial charge in [-0.15, -0.1) is 0 Å². The fourth-order valence-electron chi connectivity index (χ4n) is 1.40. The smallest absolute Gasteiger partial charge is 0.252 e. The lowest BCUT2D eigenvalue weighted by atomic mass is 10.2. The maximum absolute atomic E-state index is 12.1. The first-order valence-electron chi connectivity index (χ1n) is 5.33. The lowest BCUT2D eigenvalue weighted by Gasteiger charge is -2.16. The molecular weight excluding hydrogens is 322 g/mol. The molecule has 0 saturated heterocycles. The molecule has 1 rings (SSSR count). The molecule has 0 aliphatic heterocycles. The molecule has 2 nitrogen and oxygen atoms in total. The van der Waals surface area contributed by atoms with Gasteiger partial charge in [0.05, 0.1) is 5.56 Å². The monoisotopic (exact) mass is 335 g/mol. The minimum absolute atomic E-state index is 0.0831. The highest BCUT2D eigenvalue weighted by Gasteiger charge is 2.14. The Kier molecular flexibility index (Phi) is 6.38. The van der Waals surface area contributed by atoms with Gasteiger partial charge in [0.1, 0.15) is 0 Å². The predicted octanol–water partition coefficient (Wildman–Crippen LogP) is 3.97. The van der Waals surface area contributed by atoms with Crippen LogP contribution < -0.4 is 5.32 Å². The Labute approximate surface area is 120 Å². The van der Waals surface area contributed by atoms with Crippen molar-refractivity contribution >= 4 is 45.2 Å². The summed E-state index contributed by atoms with van der Waals surface area (Å²) in [4.78, 5) is 12.1. The van der Waals surface area contributed by atoms with Crippen LogP contribution in [-0.2, 0) is 0 Å². The second-order valence-corrected chi connectivity index (χ2v) is 5.86. The summed E-state index contributed by atoms with van der Waals surface area (Å²) >= 11 is 11.0. The molecular formula is C12H15BrClNOS. The van der Waals surface area contributed by atoms with Gasteiger partial charge in [0.15, 0.2) is 0 Å². The first kappa shape index (κ1) is 14.9. The molecule has 0 heterocycles. The second-order valence-electron chi connectivity index (χ2n) is 3.66. The van der Waals surface area contributed by atoms with Gasteiger partial charge in [-0.05, 0) is 46.8 Å². The normalized spacial score (nSPS) is 12.2. The van der Waals surface area contributed by atoms with Crippen molar-refractivity contribution in [3.05, 3.63) is 33.3 Å². The molecule has 1 unspecified atom stereocenters. The Hall–Kier alpha value is -0.190. The SMILES string of the molecule is CCC(CSC)NC(=O)c1cc(Cl)ccc1Br. The van der Waals surface area contributed by atoms with Gasteiger partial charge >= 0.3 is 0 Å². The Balaban J connectivity index is 2.78. The van der Waals surface area contributed by atoms with Gasteiger partial charge in [-0.2, -0.15) is 11.8 Å². The first-order chi connectivity index (χ1) is 8.08. The van der Waals surface area contributed by atoms with E-state index in [1.165, 1.54) is 0 Å². The van der Waals surface area contributed by atoms with Crippen LogP contribution in [0.2, 0.25) is 5.02 Å². The molecule has 1 aromatic carbocycles. The third-order valence-electron chi connectivity index (χ3n) is 2.37. The van der Waals surface area contributed by atoms with Crippen LogP contribution in [0.4, 0.5) is 0 Å². The minimum atomic E-state index is -0.0831. The summed E-state index contributed by atoms with van der Waals surface area (Å²) in [5, 5.41) is 3.57. The topological polar surface area (TPSA) is 29.1 Å². The van der Waals surface area contributed by atoms with Crippen LogP contribution in [0, 0.1) is 0 Å². The standard InChI is InChI=1S/C12H15BrClNOS/c1-3-9(7-17-2)15-12(16)10-6-8(14)4-5-11(10)13/h4-6,9H,3,7H2,1-2H3,(H,15,16). The van der Waals surface area contributed by atoms with Gasteiger partial charge in [-0.1, -0.05) is 18.5 Å². The zero-order valence-corrected chi connectivity index (χ0v) is 13.0. The van der Waals surface area contributed by atoms with Crippen LogP contribution in [0.3, 0.4) is 0 Å². The van der Waals surface area contributed by atoms with E-state index in [-0.39, 0.29) is 11.9 Å². The summed E-state index contributed by atoms with van der Waals surface area (Å²) < 4.78 is 0.762. The Bertz CT molecular complexity index is 400. The van der Waals surface area contributed by atoms with Crippen LogP contribution in [0.5, 0.6) is 0 Å². The van der Waals surface area contributed by atoms with E-state index < -0.39 is 0 Å². The van der Waals surface area contributed by atoms with Gasteiger partial charge in [0, 0.05) is 21.3 Å². The van der Waals surface area contributed by atoms with E-state index in [9.17, 15) is 4.79 Å². The molecule has 0 spiro atoms. The highest BCUT2D eigenvalue weighted by atomic mass is 79.9. The van der Waals surface area contributed by atoms with Gasteiger partial charge in [-0.3, -0.25) is 4.79 Å². The lowest BCUT2D eigenvalue weighted by molar-refractivity contribution is 0.0939. The molecule has 94 valence electrons.